The van der Waals surface area contributed by atoms with Gasteiger partial charge in [-0.25, -0.2) is 4.79 Å². The summed E-state index contributed by atoms with van der Waals surface area (Å²) in [7, 11) is 1.22. The lowest BCUT2D eigenvalue weighted by Gasteiger charge is -2.10. The number of hydrogen-bond donors (Lipinski definition) is 0. The molecule has 23 heavy (non-hydrogen) atoms. The number of hydrogen-bond acceptors (Lipinski definition) is 4. The number of benzene rings is 2. The molecule has 2 aromatic rings. The smallest absolute Gasteiger partial charge is 0.465 e. The Hall–Kier alpha value is -2.83. The Morgan fingerprint density at radius 3 is 2.26 bits per heavy atom. The van der Waals surface area contributed by atoms with Gasteiger partial charge in [0.1, 0.15) is 5.75 Å². The summed E-state index contributed by atoms with van der Waals surface area (Å²) < 4.78 is 44.7. The van der Waals surface area contributed by atoms with Crippen molar-refractivity contribution in [3.05, 3.63) is 53.6 Å². The van der Waals surface area contributed by atoms with Crippen LogP contribution in [0.1, 0.15) is 20.7 Å². The van der Waals surface area contributed by atoms with Crippen LogP contribution in [-0.2, 0) is 4.74 Å². The van der Waals surface area contributed by atoms with Crippen molar-refractivity contribution in [2.24, 2.45) is 0 Å². The fourth-order valence-electron chi connectivity index (χ4n) is 2.00. The highest BCUT2D eigenvalue weighted by Crippen LogP contribution is 2.28. The quantitative estimate of drug-likeness (QED) is 0.633. The van der Waals surface area contributed by atoms with Crippen LogP contribution in [0.15, 0.2) is 42.5 Å². The summed E-state index contributed by atoms with van der Waals surface area (Å²) >= 11 is 0. The molecule has 4 nitrogen and oxygen atoms in total. The van der Waals surface area contributed by atoms with E-state index in [4.69, 9.17) is 0 Å². The molecule has 0 atom stereocenters. The first-order valence-electron chi connectivity index (χ1n) is 6.38. The molecule has 0 heterocycles. The van der Waals surface area contributed by atoms with Crippen LogP contribution in [0.4, 0.5) is 13.2 Å². The summed E-state index contributed by atoms with van der Waals surface area (Å²) in [5, 5.41) is 0. The van der Waals surface area contributed by atoms with E-state index in [1.54, 1.807) is 0 Å². The van der Waals surface area contributed by atoms with Crippen molar-refractivity contribution < 1.29 is 32.2 Å². The summed E-state index contributed by atoms with van der Waals surface area (Å²) in [4.78, 5) is 22.6. The van der Waals surface area contributed by atoms with E-state index in [-0.39, 0.29) is 16.9 Å². The Labute approximate surface area is 129 Å². The first kappa shape index (κ1) is 16.5. The average Bonchev–Trinajstić information content (AvgIpc) is 2.53. The van der Waals surface area contributed by atoms with Crippen molar-refractivity contribution in [3.8, 4) is 16.9 Å². The third-order valence-electron chi connectivity index (χ3n) is 3.00. The van der Waals surface area contributed by atoms with Crippen molar-refractivity contribution in [2.75, 3.05) is 7.11 Å². The molecule has 0 amide bonds. The van der Waals surface area contributed by atoms with Crippen molar-refractivity contribution in [1.82, 2.24) is 0 Å². The summed E-state index contributed by atoms with van der Waals surface area (Å²) in [5.74, 6) is -0.950. The van der Waals surface area contributed by atoms with E-state index < -0.39 is 12.3 Å². The molecule has 0 unspecified atom stereocenters. The summed E-state index contributed by atoms with van der Waals surface area (Å²) in [6, 6.07) is 9.41. The Balaban J connectivity index is 2.34. The molecule has 0 aliphatic carbocycles. The molecule has 0 radical (unpaired) electrons. The van der Waals surface area contributed by atoms with Gasteiger partial charge in [0, 0.05) is 5.56 Å². The van der Waals surface area contributed by atoms with Crippen molar-refractivity contribution in [2.45, 2.75) is 6.36 Å². The Morgan fingerprint density at radius 1 is 1.09 bits per heavy atom. The van der Waals surface area contributed by atoms with Crippen LogP contribution in [0.25, 0.3) is 11.1 Å². The molecule has 2 aromatic carbocycles. The minimum atomic E-state index is -4.77. The number of methoxy groups -OCH3 is 1. The van der Waals surface area contributed by atoms with Crippen LogP contribution in [0, 0.1) is 0 Å². The molecular formula is C16H11F3O4. The van der Waals surface area contributed by atoms with Gasteiger partial charge in [0.25, 0.3) is 0 Å². The van der Waals surface area contributed by atoms with E-state index in [1.807, 2.05) is 0 Å². The van der Waals surface area contributed by atoms with Gasteiger partial charge >= 0.3 is 12.3 Å². The van der Waals surface area contributed by atoms with Crippen molar-refractivity contribution in [3.63, 3.8) is 0 Å². The Kier molecular flexibility index (Phi) is 4.68. The zero-order valence-corrected chi connectivity index (χ0v) is 11.9. The lowest BCUT2D eigenvalue weighted by molar-refractivity contribution is -0.274. The van der Waals surface area contributed by atoms with Gasteiger partial charge in [0.15, 0.2) is 6.29 Å². The van der Waals surface area contributed by atoms with Crippen molar-refractivity contribution in [1.29, 1.82) is 0 Å². The Morgan fingerprint density at radius 2 is 1.74 bits per heavy atom. The zero-order valence-electron chi connectivity index (χ0n) is 11.9. The molecule has 0 spiro atoms. The fourth-order valence-corrected chi connectivity index (χ4v) is 2.00. The van der Waals surface area contributed by atoms with Crippen LogP contribution in [0.5, 0.6) is 5.75 Å². The standard InChI is InChI=1S/C16H11F3O4/c1-22-15(21)11-4-7-14(12(8-11)9-20)10-2-5-13(6-3-10)23-16(17,18)19/h2-9H,1H3. The van der Waals surface area contributed by atoms with Gasteiger partial charge < -0.3 is 9.47 Å². The van der Waals surface area contributed by atoms with E-state index in [9.17, 15) is 22.8 Å². The summed E-state index contributed by atoms with van der Waals surface area (Å²) in [6.07, 6.45) is -4.21. The second-order valence-electron chi connectivity index (χ2n) is 4.48. The number of aldehydes is 1. The maximum absolute atomic E-state index is 12.1. The molecule has 0 saturated heterocycles. The Bertz CT molecular complexity index is 721. The van der Waals surface area contributed by atoms with Gasteiger partial charge in [-0.3, -0.25) is 4.79 Å². The third-order valence-corrected chi connectivity index (χ3v) is 3.00. The largest absolute Gasteiger partial charge is 0.573 e. The van der Waals surface area contributed by atoms with Crippen molar-refractivity contribution >= 4 is 12.3 Å². The van der Waals surface area contributed by atoms with E-state index in [2.05, 4.69) is 9.47 Å². The number of carbonyl (C=O) groups is 2. The monoisotopic (exact) mass is 324 g/mol. The third kappa shape index (κ3) is 4.09. The van der Waals surface area contributed by atoms with Crippen LogP contribution < -0.4 is 4.74 Å². The second-order valence-corrected chi connectivity index (χ2v) is 4.48. The van der Waals surface area contributed by atoms with E-state index in [0.717, 1.165) is 12.1 Å². The first-order valence-corrected chi connectivity index (χ1v) is 6.38. The summed E-state index contributed by atoms with van der Waals surface area (Å²) in [6.45, 7) is 0. The predicted octanol–water partition coefficient (Wildman–Crippen LogP) is 3.85. The van der Waals surface area contributed by atoms with Crippen LogP contribution in [0.2, 0.25) is 0 Å². The normalized spacial score (nSPS) is 11.0. The van der Waals surface area contributed by atoms with Crippen LogP contribution in [0.3, 0.4) is 0 Å². The van der Waals surface area contributed by atoms with Gasteiger partial charge in [-0.1, -0.05) is 18.2 Å². The highest BCUT2D eigenvalue weighted by molar-refractivity contribution is 5.95. The fraction of sp³-hybridized carbons (Fsp3) is 0.125. The number of esters is 1. The molecule has 120 valence electrons. The molecule has 2 rings (SSSR count). The van der Waals surface area contributed by atoms with Gasteiger partial charge in [-0.15, -0.1) is 13.2 Å². The molecule has 0 aliphatic heterocycles. The molecule has 0 N–H and O–H groups in total. The molecule has 0 fully saturated rings. The zero-order chi connectivity index (χ0) is 17.0. The number of rotatable bonds is 4. The first-order chi connectivity index (χ1) is 10.8. The number of alkyl halides is 3. The van der Waals surface area contributed by atoms with Gasteiger partial charge in [0.2, 0.25) is 0 Å². The number of ether oxygens (including phenoxy) is 2. The maximum Gasteiger partial charge on any atom is 0.573 e. The highest BCUT2D eigenvalue weighted by Gasteiger charge is 2.31. The van der Waals surface area contributed by atoms with E-state index >= 15 is 0 Å². The molecule has 0 saturated carbocycles. The minimum absolute atomic E-state index is 0.204. The predicted molar refractivity (Wildman–Crippen MR) is 75.3 cm³/mol. The molecule has 0 aromatic heterocycles. The average molecular weight is 324 g/mol. The maximum atomic E-state index is 12.1. The van der Waals surface area contributed by atoms with Gasteiger partial charge in [-0.05, 0) is 35.4 Å². The molecular weight excluding hydrogens is 313 g/mol. The SMILES string of the molecule is COC(=O)c1ccc(-c2ccc(OC(F)(F)F)cc2)c(C=O)c1. The second kappa shape index (κ2) is 6.51. The van der Waals surface area contributed by atoms with Gasteiger partial charge in [-0.2, -0.15) is 0 Å². The van der Waals surface area contributed by atoms with E-state index in [0.29, 0.717) is 17.4 Å². The van der Waals surface area contributed by atoms with Gasteiger partial charge in [0.05, 0.1) is 12.7 Å². The lowest BCUT2D eigenvalue weighted by atomic mass is 9.98. The van der Waals surface area contributed by atoms with Crippen LogP contribution >= 0.6 is 0 Å². The highest BCUT2D eigenvalue weighted by atomic mass is 19.4. The summed E-state index contributed by atoms with van der Waals surface area (Å²) in [5.41, 5.74) is 1.41. The topological polar surface area (TPSA) is 52.6 Å². The number of halogens is 3. The molecule has 7 heteroatoms. The van der Waals surface area contributed by atoms with E-state index in [1.165, 1.54) is 37.4 Å². The molecule has 0 aliphatic rings. The lowest BCUT2D eigenvalue weighted by Crippen LogP contribution is -2.16. The molecule has 0 bridgehead atoms. The number of carbonyl (C=O) groups excluding carboxylic acids is 2. The minimum Gasteiger partial charge on any atom is -0.465 e. The van der Waals surface area contributed by atoms with Crippen LogP contribution in [-0.4, -0.2) is 25.7 Å².